The molecule has 2 aromatic carbocycles. The van der Waals surface area contributed by atoms with Gasteiger partial charge in [-0.1, -0.05) is 24.3 Å². The highest BCUT2D eigenvalue weighted by atomic mass is 32.2. The maximum Gasteiger partial charge on any atom is 0.297 e. The Morgan fingerprint density at radius 1 is 1.23 bits per heavy atom. The van der Waals surface area contributed by atoms with E-state index in [4.69, 9.17) is 4.18 Å². The number of benzene rings is 2. The minimum atomic E-state index is -3.89. The molecule has 0 aliphatic heterocycles. The second-order valence-electron chi connectivity index (χ2n) is 6.92. The lowest BCUT2D eigenvalue weighted by Crippen LogP contribution is -2.21. The molecule has 1 heterocycles. The summed E-state index contributed by atoms with van der Waals surface area (Å²) in [6, 6.07) is 12.5. The fourth-order valence-electron chi connectivity index (χ4n) is 3.69. The lowest BCUT2D eigenvalue weighted by atomic mass is 9.87. The number of fused-ring (bicyclic) bond motifs is 3. The maximum atomic E-state index is 12.5. The molecule has 0 saturated heterocycles. The topological polar surface area (TPSA) is 79.4 Å². The predicted octanol–water partition coefficient (Wildman–Crippen LogP) is 3.69. The van der Waals surface area contributed by atoms with Gasteiger partial charge in [0, 0.05) is 22.7 Å². The van der Waals surface area contributed by atoms with Crippen LogP contribution in [0.25, 0.3) is 10.9 Å². The number of para-hydroxylation sites is 1. The molecule has 0 spiro atoms. The van der Waals surface area contributed by atoms with Crippen LogP contribution in [0.15, 0.2) is 47.4 Å². The highest BCUT2D eigenvalue weighted by molar-refractivity contribution is 7.86. The summed E-state index contributed by atoms with van der Waals surface area (Å²) in [6.07, 6.45) is 2.57. The van der Waals surface area contributed by atoms with E-state index >= 15 is 0 Å². The predicted molar refractivity (Wildman–Crippen MR) is 99.8 cm³/mol. The first-order chi connectivity index (χ1) is 12.4. The van der Waals surface area contributed by atoms with Gasteiger partial charge < -0.3 is 10.1 Å². The van der Waals surface area contributed by atoms with Gasteiger partial charge in [-0.15, -0.1) is 0 Å². The maximum absolute atomic E-state index is 12.5. The Bertz CT molecular complexity index is 1070. The minimum absolute atomic E-state index is 0.0288. The van der Waals surface area contributed by atoms with Crippen molar-refractivity contribution in [3.8, 4) is 5.75 Å². The molecule has 0 amide bonds. The summed E-state index contributed by atoms with van der Waals surface area (Å²) in [7, 11) is -3.89. The van der Waals surface area contributed by atoms with E-state index < -0.39 is 10.1 Å². The average molecular weight is 371 g/mol. The molecule has 0 radical (unpaired) electrons. The highest BCUT2D eigenvalue weighted by Gasteiger charge is 2.26. The number of phenolic OH excluding ortho intramolecular Hbond substituents is 1. The second-order valence-corrected chi connectivity index (χ2v) is 8.51. The van der Waals surface area contributed by atoms with Gasteiger partial charge in [-0.2, -0.15) is 8.42 Å². The SMILES string of the molecule is Cc1ccc(O)cc1S(=O)(=O)OCC1CCc2[nH]c3ccccc3c2C1. The number of H-pyrrole nitrogens is 1. The van der Waals surface area contributed by atoms with E-state index in [1.807, 2.05) is 12.1 Å². The van der Waals surface area contributed by atoms with Crippen LogP contribution in [0, 0.1) is 12.8 Å². The number of hydrogen-bond donors (Lipinski definition) is 2. The Morgan fingerprint density at radius 2 is 2.04 bits per heavy atom. The van der Waals surface area contributed by atoms with Gasteiger partial charge in [0.05, 0.1) is 6.61 Å². The molecule has 5 nitrogen and oxygen atoms in total. The Balaban J connectivity index is 1.51. The Kier molecular flexibility index (Phi) is 4.25. The summed E-state index contributed by atoms with van der Waals surface area (Å²) in [6.45, 7) is 1.84. The largest absolute Gasteiger partial charge is 0.508 e. The van der Waals surface area contributed by atoms with Crippen molar-refractivity contribution in [2.24, 2.45) is 5.92 Å². The molecule has 26 heavy (non-hydrogen) atoms. The summed E-state index contributed by atoms with van der Waals surface area (Å²) in [5.41, 5.74) is 4.20. The van der Waals surface area contributed by atoms with E-state index in [9.17, 15) is 13.5 Å². The van der Waals surface area contributed by atoms with E-state index in [2.05, 4.69) is 17.1 Å². The molecular weight excluding hydrogens is 350 g/mol. The normalized spacial score (nSPS) is 17.3. The van der Waals surface area contributed by atoms with Crippen molar-refractivity contribution in [3.63, 3.8) is 0 Å². The van der Waals surface area contributed by atoms with Crippen LogP contribution in [0.5, 0.6) is 5.75 Å². The highest BCUT2D eigenvalue weighted by Crippen LogP contribution is 2.32. The third kappa shape index (κ3) is 3.10. The molecule has 1 aliphatic carbocycles. The summed E-state index contributed by atoms with van der Waals surface area (Å²) >= 11 is 0. The standard InChI is InChI=1S/C20H21NO4S/c1-13-6-8-15(22)11-20(13)26(23,24)25-12-14-7-9-19-17(10-14)16-4-2-3-5-18(16)21-19/h2-6,8,11,14,21-22H,7,9-10,12H2,1H3. The zero-order valence-corrected chi connectivity index (χ0v) is 15.3. The lowest BCUT2D eigenvalue weighted by molar-refractivity contribution is 0.239. The number of rotatable bonds is 4. The molecule has 6 heteroatoms. The van der Waals surface area contributed by atoms with Crippen LogP contribution >= 0.6 is 0 Å². The molecule has 4 rings (SSSR count). The molecule has 0 bridgehead atoms. The smallest absolute Gasteiger partial charge is 0.297 e. The molecule has 136 valence electrons. The fraction of sp³-hybridized carbons (Fsp3) is 0.300. The minimum Gasteiger partial charge on any atom is -0.508 e. The number of aromatic hydroxyl groups is 1. The van der Waals surface area contributed by atoms with Crippen LogP contribution in [0.1, 0.15) is 23.2 Å². The second kappa shape index (κ2) is 6.45. The fourth-order valence-corrected chi connectivity index (χ4v) is 4.92. The quantitative estimate of drug-likeness (QED) is 0.686. The Morgan fingerprint density at radius 3 is 2.88 bits per heavy atom. The Labute approximate surface area is 152 Å². The molecule has 1 unspecified atom stereocenters. The van der Waals surface area contributed by atoms with Crippen molar-refractivity contribution in [1.29, 1.82) is 0 Å². The molecule has 0 fully saturated rings. The summed E-state index contributed by atoms with van der Waals surface area (Å²) in [5, 5.41) is 10.8. The van der Waals surface area contributed by atoms with Gasteiger partial charge in [0.2, 0.25) is 0 Å². The summed E-state index contributed by atoms with van der Waals surface area (Å²) < 4.78 is 30.4. The van der Waals surface area contributed by atoms with Crippen LogP contribution in [0.4, 0.5) is 0 Å². The van der Waals surface area contributed by atoms with Gasteiger partial charge in [-0.05, 0) is 55.4 Å². The van der Waals surface area contributed by atoms with Gasteiger partial charge in [0.25, 0.3) is 10.1 Å². The molecular formula is C20H21NO4S. The van der Waals surface area contributed by atoms with E-state index in [1.165, 1.54) is 28.8 Å². The van der Waals surface area contributed by atoms with Crippen molar-refractivity contribution in [3.05, 3.63) is 59.3 Å². The first-order valence-corrected chi connectivity index (χ1v) is 10.1. The molecule has 3 aromatic rings. The number of aryl methyl sites for hydroxylation is 2. The number of nitrogens with one attached hydrogen (secondary N) is 1. The van der Waals surface area contributed by atoms with E-state index in [0.29, 0.717) is 5.56 Å². The zero-order chi connectivity index (χ0) is 18.3. The van der Waals surface area contributed by atoms with Gasteiger partial charge in [-0.25, -0.2) is 0 Å². The summed E-state index contributed by atoms with van der Waals surface area (Å²) in [5.74, 6) is 0.0629. The number of phenols is 1. The monoisotopic (exact) mass is 371 g/mol. The van der Waals surface area contributed by atoms with E-state index in [-0.39, 0.29) is 23.2 Å². The molecule has 0 saturated carbocycles. The lowest BCUT2D eigenvalue weighted by Gasteiger charge is -2.22. The van der Waals surface area contributed by atoms with E-state index in [0.717, 1.165) is 24.8 Å². The number of aromatic amines is 1. The molecule has 1 atom stereocenters. The summed E-state index contributed by atoms with van der Waals surface area (Å²) in [4.78, 5) is 3.49. The number of aromatic nitrogens is 1. The van der Waals surface area contributed by atoms with Crippen LogP contribution in [-0.2, 0) is 27.1 Å². The zero-order valence-electron chi connectivity index (χ0n) is 14.5. The molecule has 1 aliphatic rings. The Hall–Kier alpha value is -2.31. The van der Waals surface area contributed by atoms with Crippen LogP contribution < -0.4 is 0 Å². The van der Waals surface area contributed by atoms with E-state index in [1.54, 1.807) is 13.0 Å². The van der Waals surface area contributed by atoms with Crippen molar-refractivity contribution in [2.75, 3.05) is 6.61 Å². The van der Waals surface area contributed by atoms with Crippen LogP contribution in [0.2, 0.25) is 0 Å². The van der Waals surface area contributed by atoms with Gasteiger partial charge in [-0.3, -0.25) is 4.18 Å². The van der Waals surface area contributed by atoms with Crippen LogP contribution in [-0.4, -0.2) is 25.1 Å². The van der Waals surface area contributed by atoms with Crippen molar-refractivity contribution in [2.45, 2.75) is 31.1 Å². The molecule has 1 aromatic heterocycles. The van der Waals surface area contributed by atoms with Crippen LogP contribution in [0.3, 0.4) is 0 Å². The number of hydrogen-bond acceptors (Lipinski definition) is 4. The third-order valence-corrected chi connectivity index (χ3v) is 6.52. The van der Waals surface area contributed by atoms with Crippen molar-refractivity contribution < 1.29 is 17.7 Å². The average Bonchev–Trinajstić information content (AvgIpc) is 3.00. The van der Waals surface area contributed by atoms with Gasteiger partial charge in [0.1, 0.15) is 10.6 Å². The van der Waals surface area contributed by atoms with Gasteiger partial charge in [0.15, 0.2) is 0 Å². The first kappa shape index (κ1) is 17.1. The third-order valence-electron chi connectivity index (χ3n) is 5.10. The van der Waals surface area contributed by atoms with Crippen molar-refractivity contribution >= 4 is 21.0 Å². The first-order valence-electron chi connectivity index (χ1n) is 8.71. The van der Waals surface area contributed by atoms with Crippen molar-refractivity contribution in [1.82, 2.24) is 4.98 Å². The molecule has 2 N–H and O–H groups in total. The van der Waals surface area contributed by atoms with Gasteiger partial charge >= 0.3 is 0 Å².